The van der Waals surface area contributed by atoms with Crippen LogP contribution in [0, 0.1) is 5.82 Å². The smallest absolute Gasteiger partial charge is 0.412 e. The lowest BCUT2D eigenvalue weighted by Crippen LogP contribution is -2.18. The Morgan fingerprint density at radius 2 is 1.87 bits per heavy atom. The first-order valence-electron chi connectivity index (χ1n) is 9.22. The van der Waals surface area contributed by atoms with Crippen molar-refractivity contribution in [1.29, 1.82) is 0 Å². The number of anilines is 1. The first kappa shape index (κ1) is 22.6. The lowest BCUT2D eigenvalue weighted by atomic mass is 10.0. The summed E-state index contributed by atoms with van der Waals surface area (Å²) in [7, 11) is 0. The van der Waals surface area contributed by atoms with E-state index in [2.05, 4.69) is 5.32 Å². The minimum Gasteiger partial charge on any atom is -0.505 e. The number of hydrogen-bond donors (Lipinski definition) is 3. The molecule has 2 aromatic rings. The molecule has 8 heteroatoms. The van der Waals surface area contributed by atoms with Gasteiger partial charge in [-0.25, -0.2) is 14.0 Å². The lowest BCUT2D eigenvalue weighted by Gasteiger charge is -2.19. The molecular formula is C22H22FNO6. The third kappa shape index (κ3) is 7.05. The van der Waals surface area contributed by atoms with Crippen molar-refractivity contribution in [1.82, 2.24) is 0 Å². The van der Waals surface area contributed by atoms with E-state index in [1.54, 1.807) is 24.3 Å². The average molecular weight is 415 g/mol. The standard InChI is InChI=1S/C22H22FNO6/c1-14(25)15-7-10-17(11-8-15)24-22(29)30-20(5-3-2-4-6-21(27)28)16-9-12-19(26)18(23)13-16/h4,6-13,20,26H,2-3,5H2,1H3,(H,24,29)(H,27,28)/b6-4+/t20-/m0/s1. The van der Waals surface area contributed by atoms with Crippen molar-refractivity contribution in [3.05, 3.63) is 71.6 Å². The second-order valence-corrected chi connectivity index (χ2v) is 6.53. The molecular weight excluding hydrogens is 393 g/mol. The lowest BCUT2D eigenvalue weighted by molar-refractivity contribution is -0.131. The minimum absolute atomic E-state index is 0.101. The van der Waals surface area contributed by atoms with Crippen LogP contribution in [0.25, 0.3) is 0 Å². The van der Waals surface area contributed by atoms with Crippen LogP contribution in [-0.2, 0) is 9.53 Å². The number of hydrogen-bond acceptors (Lipinski definition) is 5. The van der Waals surface area contributed by atoms with Crippen molar-refractivity contribution < 1.29 is 33.7 Å². The van der Waals surface area contributed by atoms with Gasteiger partial charge in [0.05, 0.1) is 0 Å². The predicted molar refractivity (Wildman–Crippen MR) is 108 cm³/mol. The van der Waals surface area contributed by atoms with Gasteiger partial charge in [0.2, 0.25) is 0 Å². The Labute approximate surface area is 172 Å². The van der Waals surface area contributed by atoms with Gasteiger partial charge in [0, 0.05) is 17.3 Å². The summed E-state index contributed by atoms with van der Waals surface area (Å²) in [5.74, 6) is -2.52. The average Bonchev–Trinajstić information content (AvgIpc) is 2.69. The zero-order chi connectivity index (χ0) is 22.1. The monoisotopic (exact) mass is 415 g/mol. The van der Waals surface area contributed by atoms with E-state index in [1.807, 2.05) is 0 Å². The Bertz CT molecular complexity index is 939. The first-order valence-corrected chi connectivity index (χ1v) is 9.22. The third-order valence-electron chi connectivity index (χ3n) is 4.23. The molecule has 0 aliphatic rings. The quantitative estimate of drug-likeness (QED) is 0.307. The van der Waals surface area contributed by atoms with Gasteiger partial charge in [-0.2, -0.15) is 0 Å². The third-order valence-corrected chi connectivity index (χ3v) is 4.23. The molecule has 1 amide bonds. The predicted octanol–water partition coefficient (Wildman–Crippen LogP) is 4.83. The maximum atomic E-state index is 13.7. The maximum absolute atomic E-state index is 13.7. The van der Waals surface area contributed by atoms with Gasteiger partial charge in [0.1, 0.15) is 6.10 Å². The number of amides is 1. The molecule has 0 fully saturated rings. The molecule has 0 unspecified atom stereocenters. The van der Waals surface area contributed by atoms with Crippen LogP contribution in [0.3, 0.4) is 0 Å². The summed E-state index contributed by atoms with van der Waals surface area (Å²) in [4.78, 5) is 34.1. The van der Waals surface area contributed by atoms with E-state index < -0.39 is 29.7 Å². The largest absolute Gasteiger partial charge is 0.505 e. The molecule has 30 heavy (non-hydrogen) atoms. The van der Waals surface area contributed by atoms with E-state index in [0.29, 0.717) is 36.1 Å². The Morgan fingerprint density at radius 1 is 1.17 bits per heavy atom. The summed E-state index contributed by atoms with van der Waals surface area (Å²) in [5.41, 5.74) is 1.28. The number of allylic oxidation sites excluding steroid dienone is 1. The Kier molecular flexibility index (Phi) is 8.10. The molecule has 0 bridgehead atoms. The summed E-state index contributed by atoms with van der Waals surface area (Å²) < 4.78 is 19.2. The van der Waals surface area contributed by atoms with Gasteiger partial charge in [-0.1, -0.05) is 12.1 Å². The molecule has 0 heterocycles. The summed E-state index contributed by atoms with van der Waals surface area (Å²) in [6, 6.07) is 9.96. The summed E-state index contributed by atoms with van der Waals surface area (Å²) in [5, 5.41) is 20.5. The van der Waals surface area contributed by atoms with Crippen molar-refractivity contribution in [3.63, 3.8) is 0 Å². The van der Waals surface area contributed by atoms with Crippen LogP contribution < -0.4 is 5.32 Å². The topological polar surface area (TPSA) is 113 Å². The number of benzene rings is 2. The number of phenols is 1. The van der Waals surface area contributed by atoms with Crippen LogP contribution in [0.15, 0.2) is 54.6 Å². The number of carboxylic acid groups (broad SMARTS) is 1. The van der Waals surface area contributed by atoms with Crippen molar-refractivity contribution in [3.8, 4) is 5.75 Å². The van der Waals surface area contributed by atoms with Crippen molar-refractivity contribution in [2.24, 2.45) is 0 Å². The van der Waals surface area contributed by atoms with Gasteiger partial charge < -0.3 is 14.9 Å². The van der Waals surface area contributed by atoms with E-state index in [1.165, 1.54) is 25.1 Å². The minimum atomic E-state index is -1.06. The molecule has 7 nitrogen and oxygen atoms in total. The number of phenolic OH excluding ortho intramolecular Hbond substituents is 1. The van der Waals surface area contributed by atoms with Crippen LogP contribution in [0.2, 0.25) is 0 Å². The Hall–Kier alpha value is -3.68. The van der Waals surface area contributed by atoms with Gasteiger partial charge in [-0.3, -0.25) is 10.1 Å². The van der Waals surface area contributed by atoms with Gasteiger partial charge >= 0.3 is 12.1 Å². The number of ketones is 1. The number of carbonyl (C=O) groups excluding carboxylic acids is 2. The normalized spacial score (nSPS) is 11.8. The summed E-state index contributed by atoms with van der Waals surface area (Å²) in [6.45, 7) is 1.43. The van der Waals surface area contributed by atoms with Crippen LogP contribution in [0.5, 0.6) is 5.75 Å². The molecule has 158 valence electrons. The highest BCUT2D eigenvalue weighted by atomic mass is 19.1. The van der Waals surface area contributed by atoms with E-state index in [4.69, 9.17) is 9.84 Å². The van der Waals surface area contributed by atoms with Crippen LogP contribution >= 0.6 is 0 Å². The fourth-order valence-corrected chi connectivity index (χ4v) is 2.69. The number of aliphatic carboxylic acids is 1. The molecule has 1 atom stereocenters. The van der Waals surface area contributed by atoms with Gasteiger partial charge in [0.15, 0.2) is 17.3 Å². The number of Topliss-reactive ketones (excluding diaryl/α,β-unsaturated/α-hetero) is 1. The van der Waals surface area contributed by atoms with Gasteiger partial charge in [-0.15, -0.1) is 0 Å². The SMILES string of the molecule is CC(=O)c1ccc(NC(=O)O[C@@H](CCC/C=C/C(=O)O)c2ccc(O)c(F)c2)cc1. The molecule has 0 radical (unpaired) electrons. The van der Waals surface area contributed by atoms with E-state index in [9.17, 15) is 23.9 Å². The summed E-state index contributed by atoms with van der Waals surface area (Å²) in [6.07, 6.45) is 2.14. The highest BCUT2D eigenvalue weighted by molar-refractivity contribution is 5.95. The maximum Gasteiger partial charge on any atom is 0.412 e. The zero-order valence-electron chi connectivity index (χ0n) is 16.3. The molecule has 0 aromatic heterocycles. The number of nitrogens with one attached hydrogen (secondary N) is 1. The number of aromatic hydroxyl groups is 1. The summed E-state index contributed by atoms with van der Waals surface area (Å²) >= 11 is 0. The molecule has 2 rings (SSSR count). The molecule has 2 aromatic carbocycles. The molecule has 0 saturated carbocycles. The highest BCUT2D eigenvalue weighted by Gasteiger charge is 2.18. The molecule has 0 spiro atoms. The number of rotatable bonds is 9. The second-order valence-electron chi connectivity index (χ2n) is 6.53. The van der Waals surface area contributed by atoms with Crippen LogP contribution in [-0.4, -0.2) is 28.1 Å². The number of unbranched alkanes of at least 4 members (excludes halogenated alkanes) is 1. The van der Waals surface area contributed by atoms with E-state index in [-0.39, 0.29) is 5.78 Å². The van der Waals surface area contributed by atoms with Crippen molar-refractivity contribution in [2.45, 2.75) is 32.3 Å². The molecule has 3 N–H and O–H groups in total. The number of carbonyl (C=O) groups is 3. The van der Waals surface area contributed by atoms with E-state index in [0.717, 1.165) is 12.1 Å². The molecule has 0 aliphatic heterocycles. The van der Waals surface area contributed by atoms with Crippen LogP contribution in [0.4, 0.5) is 14.9 Å². The van der Waals surface area contributed by atoms with Crippen molar-refractivity contribution in [2.75, 3.05) is 5.32 Å². The Balaban J connectivity index is 2.06. The zero-order valence-corrected chi connectivity index (χ0v) is 16.3. The highest BCUT2D eigenvalue weighted by Crippen LogP contribution is 2.28. The van der Waals surface area contributed by atoms with Crippen LogP contribution in [0.1, 0.15) is 48.2 Å². The fraction of sp³-hybridized carbons (Fsp3) is 0.227. The number of ether oxygens (including phenoxy) is 1. The first-order chi connectivity index (χ1) is 14.3. The number of carboxylic acids is 1. The van der Waals surface area contributed by atoms with Gasteiger partial charge in [-0.05, 0) is 68.1 Å². The number of halogens is 1. The fourth-order valence-electron chi connectivity index (χ4n) is 2.69. The molecule has 0 saturated heterocycles. The van der Waals surface area contributed by atoms with Gasteiger partial charge in [0.25, 0.3) is 0 Å². The Morgan fingerprint density at radius 3 is 2.47 bits per heavy atom. The van der Waals surface area contributed by atoms with E-state index >= 15 is 0 Å². The van der Waals surface area contributed by atoms with Crippen molar-refractivity contribution >= 4 is 23.5 Å². The second kappa shape index (κ2) is 10.8. The molecule has 0 aliphatic carbocycles.